The van der Waals surface area contributed by atoms with Crippen LogP contribution in [0.5, 0.6) is 0 Å². The normalized spacial score (nSPS) is 10.6. The van der Waals surface area contributed by atoms with Crippen molar-refractivity contribution in [2.45, 2.75) is 23.5 Å². The van der Waals surface area contributed by atoms with Gasteiger partial charge in [0.15, 0.2) is 0 Å². The molecule has 0 atom stereocenters. The van der Waals surface area contributed by atoms with Gasteiger partial charge in [-0.3, -0.25) is 0 Å². The number of hydrogen-bond donors (Lipinski definition) is 0. The van der Waals surface area contributed by atoms with Crippen molar-refractivity contribution in [3.05, 3.63) is 34.4 Å². The molecular weight excluding hydrogens is 262 g/mol. The van der Waals surface area contributed by atoms with Crippen LogP contribution in [0.4, 0.5) is 0 Å². The van der Waals surface area contributed by atoms with E-state index in [9.17, 15) is 0 Å². The highest BCUT2D eigenvalue weighted by molar-refractivity contribution is 6.20. The summed E-state index contributed by atoms with van der Waals surface area (Å²) in [4.78, 5) is 0. The monoisotopic (exact) mass is 270 g/mol. The second kappa shape index (κ2) is 6.07. The van der Waals surface area contributed by atoms with E-state index in [-0.39, 0.29) is 0 Å². The Morgan fingerprint density at radius 2 is 1.21 bits per heavy atom. The number of benzene rings is 1. The van der Waals surface area contributed by atoms with E-state index in [0.29, 0.717) is 23.5 Å². The van der Waals surface area contributed by atoms with Crippen molar-refractivity contribution >= 4 is 46.4 Å². The number of halogens is 4. The van der Waals surface area contributed by atoms with Crippen LogP contribution in [0, 0.1) is 0 Å². The van der Waals surface area contributed by atoms with Crippen LogP contribution in [0.15, 0.2) is 12.1 Å². The predicted molar refractivity (Wildman–Crippen MR) is 64.7 cm³/mol. The van der Waals surface area contributed by atoms with Crippen LogP contribution >= 0.6 is 46.4 Å². The van der Waals surface area contributed by atoms with Crippen molar-refractivity contribution in [1.29, 1.82) is 0 Å². The summed E-state index contributed by atoms with van der Waals surface area (Å²) < 4.78 is 0. The Balaban J connectivity index is 3.24. The molecule has 14 heavy (non-hydrogen) atoms. The molecule has 0 aliphatic rings. The van der Waals surface area contributed by atoms with Crippen molar-refractivity contribution in [3.8, 4) is 0 Å². The van der Waals surface area contributed by atoms with Crippen LogP contribution in [-0.4, -0.2) is 0 Å². The first-order valence-corrected chi connectivity index (χ1v) is 6.28. The summed E-state index contributed by atoms with van der Waals surface area (Å²) in [6.07, 6.45) is 0. The standard InChI is InChI=1S/C10H10Cl4/c11-3-7-1-8(4-12)10(6-14)9(2-7)5-13/h1-2H,3-6H2. The first kappa shape index (κ1) is 12.4. The maximum absolute atomic E-state index is 5.84. The van der Waals surface area contributed by atoms with Gasteiger partial charge in [-0.05, 0) is 22.3 Å². The zero-order chi connectivity index (χ0) is 10.6. The molecule has 4 heteroatoms. The molecule has 0 heterocycles. The van der Waals surface area contributed by atoms with Gasteiger partial charge in [-0.2, -0.15) is 0 Å². The van der Waals surface area contributed by atoms with Crippen LogP contribution in [-0.2, 0) is 23.5 Å². The van der Waals surface area contributed by atoms with Crippen molar-refractivity contribution in [2.75, 3.05) is 0 Å². The van der Waals surface area contributed by atoms with Gasteiger partial charge in [0.25, 0.3) is 0 Å². The molecule has 0 spiro atoms. The quantitative estimate of drug-likeness (QED) is 0.700. The van der Waals surface area contributed by atoms with E-state index in [0.717, 1.165) is 22.3 Å². The van der Waals surface area contributed by atoms with Gasteiger partial charge in [-0.1, -0.05) is 12.1 Å². The third kappa shape index (κ3) is 2.70. The third-order valence-electron chi connectivity index (χ3n) is 2.07. The first-order chi connectivity index (χ1) is 6.76. The molecule has 0 aliphatic heterocycles. The van der Waals surface area contributed by atoms with Gasteiger partial charge in [0.2, 0.25) is 0 Å². The summed E-state index contributed by atoms with van der Waals surface area (Å²) in [5, 5.41) is 0. The summed E-state index contributed by atoms with van der Waals surface area (Å²) in [6, 6.07) is 3.96. The predicted octanol–water partition coefficient (Wildman–Crippen LogP) is 4.64. The maximum Gasteiger partial charge on any atom is 0.0480 e. The van der Waals surface area contributed by atoms with Crippen molar-refractivity contribution in [3.63, 3.8) is 0 Å². The third-order valence-corrected chi connectivity index (χ3v) is 3.22. The fourth-order valence-corrected chi connectivity index (χ4v) is 2.33. The Morgan fingerprint density at radius 3 is 1.50 bits per heavy atom. The van der Waals surface area contributed by atoms with E-state index >= 15 is 0 Å². The van der Waals surface area contributed by atoms with Gasteiger partial charge >= 0.3 is 0 Å². The van der Waals surface area contributed by atoms with Gasteiger partial charge in [0.1, 0.15) is 0 Å². The lowest BCUT2D eigenvalue weighted by Gasteiger charge is -2.11. The molecule has 0 amide bonds. The lowest BCUT2D eigenvalue weighted by atomic mass is 10.0. The van der Waals surface area contributed by atoms with Crippen LogP contribution in [0.25, 0.3) is 0 Å². The Labute approximate surface area is 104 Å². The fourth-order valence-electron chi connectivity index (χ4n) is 1.36. The topological polar surface area (TPSA) is 0 Å². The molecule has 78 valence electrons. The number of alkyl halides is 4. The molecule has 0 unspecified atom stereocenters. The molecular formula is C10H10Cl4. The van der Waals surface area contributed by atoms with E-state index in [1.165, 1.54) is 0 Å². The lowest BCUT2D eigenvalue weighted by Crippen LogP contribution is -1.97. The smallest absolute Gasteiger partial charge is 0.0480 e. The zero-order valence-electron chi connectivity index (χ0n) is 7.49. The molecule has 0 radical (unpaired) electrons. The summed E-state index contributed by atoms with van der Waals surface area (Å²) in [7, 11) is 0. The van der Waals surface area contributed by atoms with E-state index in [1.807, 2.05) is 12.1 Å². The summed E-state index contributed by atoms with van der Waals surface area (Å²) in [5.74, 6) is 1.79. The highest BCUT2D eigenvalue weighted by Gasteiger charge is 2.08. The van der Waals surface area contributed by atoms with Gasteiger partial charge in [0.05, 0.1) is 0 Å². The van der Waals surface area contributed by atoms with Crippen molar-refractivity contribution < 1.29 is 0 Å². The van der Waals surface area contributed by atoms with Crippen molar-refractivity contribution in [2.24, 2.45) is 0 Å². The minimum atomic E-state index is 0.437. The maximum atomic E-state index is 5.84. The van der Waals surface area contributed by atoms with E-state index in [4.69, 9.17) is 46.4 Å². The molecule has 1 aromatic carbocycles. The molecule has 0 N–H and O–H groups in total. The molecule has 0 fully saturated rings. The van der Waals surface area contributed by atoms with Crippen LogP contribution in [0.3, 0.4) is 0 Å². The lowest BCUT2D eigenvalue weighted by molar-refractivity contribution is 1.16. The molecule has 0 aliphatic carbocycles. The number of hydrogen-bond acceptors (Lipinski definition) is 0. The van der Waals surface area contributed by atoms with Gasteiger partial charge < -0.3 is 0 Å². The molecule has 0 saturated heterocycles. The molecule has 0 bridgehead atoms. The van der Waals surface area contributed by atoms with Gasteiger partial charge in [-0.15, -0.1) is 46.4 Å². The van der Waals surface area contributed by atoms with E-state index in [1.54, 1.807) is 0 Å². The highest BCUT2D eigenvalue weighted by atomic mass is 35.5. The van der Waals surface area contributed by atoms with Crippen LogP contribution < -0.4 is 0 Å². The Kier molecular flexibility index (Phi) is 5.40. The highest BCUT2D eigenvalue weighted by Crippen LogP contribution is 2.24. The zero-order valence-corrected chi connectivity index (χ0v) is 10.5. The fraction of sp³-hybridized carbons (Fsp3) is 0.400. The Bertz CT molecular complexity index is 284. The second-order valence-electron chi connectivity index (χ2n) is 2.93. The summed E-state index contributed by atoms with van der Waals surface area (Å²) in [5.41, 5.74) is 4.11. The average Bonchev–Trinajstić information content (AvgIpc) is 2.26. The molecule has 1 aromatic rings. The SMILES string of the molecule is ClCc1cc(CCl)c(CCl)c(CCl)c1. The Hall–Kier alpha value is 0.380. The van der Waals surface area contributed by atoms with Gasteiger partial charge in [0, 0.05) is 23.5 Å². The minimum absolute atomic E-state index is 0.437. The van der Waals surface area contributed by atoms with E-state index < -0.39 is 0 Å². The van der Waals surface area contributed by atoms with Gasteiger partial charge in [-0.25, -0.2) is 0 Å². The second-order valence-corrected chi connectivity index (χ2v) is 4.00. The van der Waals surface area contributed by atoms with E-state index in [2.05, 4.69) is 0 Å². The summed E-state index contributed by atoms with van der Waals surface area (Å²) >= 11 is 23.2. The molecule has 0 aromatic heterocycles. The first-order valence-electron chi connectivity index (χ1n) is 4.14. The molecule has 0 nitrogen and oxygen atoms in total. The molecule has 0 saturated carbocycles. The van der Waals surface area contributed by atoms with Crippen LogP contribution in [0.2, 0.25) is 0 Å². The average molecular weight is 272 g/mol. The summed E-state index contributed by atoms with van der Waals surface area (Å²) in [6.45, 7) is 0. The van der Waals surface area contributed by atoms with Crippen LogP contribution in [0.1, 0.15) is 22.3 Å². The Morgan fingerprint density at radius 1 is 0.714 bits per heavy atom. The number of rotatable bonds is 4. The van der Waals surface area contributed by atoms with Crippen molar-refractivity contribution in [1.82, 2.24) is 0 Å². The largest absolute Gasteiger partial charge is 0.122 e. The minimum Gasteiger partial charge on any atom is -0.122 e. The molecule has 1 rings (SSSR count).